The Hall–Kier alpha value is -3.06. The molecule has 1 N–H and O–H groups in total. The smallest absolute Gasteiger partial charge is 0.263 e. The summed E-state index contributed by atoms with van der Waals surface area (Å²) in [6.45, 7) is 3.27. The average molecular weight is 397 g/mol. The molecular formula is C22H21F2N3O2. The molecule has 0 aliphatic carbocycles. The summed E-state index contributed by atoms with van der Waals surface area (Å²) in [5.41, 5.74) is 0.829. The summed E-state index contributed by atoms with van der Waals surface area (Å²) in [6, 6.07) is 10.8. The molecule has 29 heavy (non-hydrogen) atoms. The second-order valence-corrected chi connectivity index (χ2v) is 7.36. The van der Waals surface area contributed by atoms with Gasteiger partial charge in [0.15, 0.2) is 11.6 Å². The highest BCUT2D eigenvalue weighted by Gasteiger charge is 2.19. The van der Waals surface area contributed by atoms with Crippen molar-refractivity contribution in [1.82, 2.24) is 15.0 Å². The molecule has 3 rings (SSSR count). The summed E-state index contributed by atoms with van der Waals surface area (Å²) in [4.78, 5) is 25.6. The van der Waals surface area contributed by atoms with Gasteiger partial charge in [-0.2, -0.15) is 0 Å². The number of alkyl halides is 2. The van der Waals surface area contributed by atoms with Crippen molar-refractivity contribution in [3.05, 3.63) is 66.1 Å². The van der Waals surface area contributed by atoms with Crippen molar-refractivity contribution in [1.29, 1.82) is 0 Å². The number of aromatic nitrogens is 3. The fraction of sp³-hybridized carbons (Fsp3) is 0.273. The van der Waals surface area contributed by atoms with E-state index in [0.717, 1.165) is 0 Å². The minimum absolute atomic E-state index is 0.0863. The van der Waals surface area contributed by atoms with Gasteiger partial charge in [0.25, 0.3) is 6.43 Å². The Kier molecular flexibility index (Phi) is 6.08. The van der Waals surface area contributed by atoms with E-state index in [0.29, 0.717) is 22.6 Å². The van der Waals surface area contributed by atoms with Gasteiger partial charge in [0.1, 0.15) is 5.69 Å². The Balaban J connectivity index is 2.02. The van der Waals surface area contributed by atoms with Gasteiger partial charge in [-0.1, -0.05) is 24.3 Å². The van der Waals surface area contributed by atoms with Crippen LogP contribution in [0.15, 0.2) is 54.9 Å². The van der Waals surface area contributed by atoms with Crippen LogP contribution in [0.5, 0.6) is 0 Å². The van der Waals surface area contributed by atoms with Crippen molar-refractivity contribution in [3.63, 3.8) is 0 Å². The van der Waals surface area contributed by atoms with Crippen molar-refractivity contribution in [2.24, 2.45) is 0 Å². The summed E-state index contributed by atoms with van der Waals surface area (Å²) in [5, 5.41) is 9.89. The van der Waals surface area contributed by atoms with Crippen LogP contribution in [0, 0.1) is 0 Å². The van der Waals surface area contributed by atoms with E-state index in [1.165, 1.54) is 12.1 Å². The third kappa shape index (κ3) is 5.48. The highest BCUT2D eigenvalue weighted by molar-refractivity contribution is 5.95. The van der Waals surface area contributed by atoms with Crippen LogP contribution in [-0.4, -0.2) is 31.4 Å². The van der Waals surface area contributed by atoms with E-state index in [1.807, 2.05) is 0 Å². The zero-order chi connectivity index (χ0) is 21.0. The number of benzene rings is 1. The molecule has 2 aromatic heterocycles. The standard InChI is InChI=1S/C22H21F2N3O2/c1-22(2,29)10-9-19(28)18-12-17(14-5-7-15(8-6-14)20(23)24)26-21(27-18)16-4-3-11-25-13-16/h3-8,11-13,20,29H,9-10H2,1-2H3. The predicted molar refractivity (Wildman–Crippen MR) is 106 cm³/mol. The van der Waals surface area contributed by atoms with Gasteiger partial charge in [0, 0.05) is 35.5 Å². The van der Waals surface area contributed by atoms with Crippen molar-refractivity contribution in [2.75, 3.05) is 0 Å². The van der Waals surface area contributed by atoms with Gasteiger partial charge in [-0.05, 0) is 38.5 Å². The molecular weight excluding hydrogens is 376 g/mol. The number of carbonyl (C=O) groups is 1. The average Bonchev–Trinajstić information content (AvgIpc) is 2.72. The number of carbonyl (C=O) groups excluding carboxylic acids is 1. The van der Waals surface area contributed by atoms with Crippen LogP contribution < -0.4 is 0 Å². The van der Waals surface area contributed by atoms with Gasteiger partial charge < -0.3 is 5.11 Å². The Morgan fingerprint density at radius 3 is 2.41 bits per heavy atom. The number of ketones is 1. The Morgan fingerprint density at radius 1 is 1.10 bits per heavy atom. The van der Waals surface area contributed by atoms with Gasteiger partial charge in [-0.15, -0.1) is 0 Å². The lowest BCUT2D eigenvalue weighted by Crippen LogP contribution is -2.20. The summed E-state index contributed by atoms with van der Waals surface area (Å²) < 4.78 is 25.7. The molecule has 0 spiro atoms. The van der Waals surface area contributed by atoms with E-state index in [9.17, 15) is 18.7 Å². The summed E-state index contributed by atoms with van der Waals surface area (Å²) >= 11 is 0. The first-order chi connectivity index (χ1) is 13.7. The molecule has 0 radical (unpaired) electrons. The largest absolute Gasteiger partial charge is 0.390 e. The number of pyridine rings is 1. The maximum atomic E-state index is 12.8. The highest BCUT2D eigenvalue weighted by Crippen LogP contribution is 2.26. The SMILES string of the molecule is CC(C)(O)CCC(=O)c1cc(-c2ccc(C(F)F)cc2)nc(-c2cccnc2)n1. The number of Topliss-reactive ketones (excluding diaryl/α,β-unsaturated/α-hetero) is 1. The highest BCUT2D eigenvalue weighted by atomic mass is 19.3. The lowest BCUT2D eigenvalue weighted by molar-refractivity contribution is 0.0631. The quantitative estimate of drug-likeness (QED) is 0.575. The molecule has 1 aromatic carbocycles. The van der Waals surface area contributed by atoms with Gasteiger partial charge in [0.05, 0.1) is 11.3 Å². The fourth-order valence-electron chi connectivity index (χ4n) is 2.71. The molecule has 0 fully saturated rings. The molecule has 0 amide bonds. The Labute approximate surface area is 167 Å². The first kappa shape index (κ1) is 20.7. The van der Waals surface area contributed by atoms with Gasteiger partial charge >= 0.3 is 0 Å². The number of hydrogen-bond donors (Lipinski definition) is 1. The van der Waals surface area contributed by atoms with E-state index in [4.69, 9.17) is 0 Å². The fourth-order valence-corrected chi connectivity index (χ4v) is 2.71. The number of aliphatic hydroxyl groups is 1. The van der Waals surface area contributed by atoms with E-state index in [1.54, 1.807) is 56.6 Å². The van der Waals surface area contributed by atoms with Crippen LogP contribution in [0.25, 0.3) is 22.6 Å². The minimum Gasteiger partial charge on any atom is -0.390 e. The van der Waals surface area contributed by atoms with Gasteiger partial charge in [-0.25, -0.2) is 18.7 Å². The molecule has 3 aromatic rings. The molecule has 0 unspecified atom stereocenters. The van der Waals surface area contributed by atoms with Gasteiger partial charge in [0.2, 0.25) is 0 Å². The van der Waals surface area contributed by atoms with Crippen molar-refractivity contribution in [3.8, 4) is 22.6 Å². The Bertz CT molecular complexity index is 985. The van der Waals surface area contributed by atoms with Crippen LogP contribution in [0.1, 0.15) is 49.2 Å². The zero-order valence-corrected chi connectivity index (χ0v) is 16.1. The number of halogens is 2. The summed E-state index contributed by atoms with van der Waals surface area (Å²) in [5.74, 6) is 0.0882. The molecule has 150 valence electrons. The second-order valence-electron chi connectivity index (χ2n) is 7.36. The molecule has 2 heterocycles. The van der Waals surface area contributed by atoms with Crippen LogP contribution >= 0.6 is 0 Å². The number of rotatable bonds is 7. The van der Waals surface area contributed by atoms with Crippen molar-refractivity contribution < 1.29 is 18.7 Å². The zero-order valence-electron chi connectivity index (χ0n) is 16.1. The van der Waals surface area contributed by atoms with Crippen LogP contribution in [0.2, 0.25) is 0 Å². The van der Waals surface area contributed by atoms with Crippen LogP contribution in [0.3, 0.4) is 0 Å². The normalized spacial score (nSPS) is 11.7. The molecule has 0 saturated heterocycles. The number of nitrogens with zero attached hydrogens (tertiary/aromatic N) is 3. The third-order valence-electron chi connectivity index (χ3n) is 4.35. The second kappa shape index (κ2) is 8.53. The molecule has 0 aliphatic rings. The molecule has 0 aliphatic heterocycles. The lowest BCUT2D eigenvalue weighted by atomic mass is 9.99. The third-order valence-corrected chi connectivity index (χ3v) is 4.35. The van der Waals surface area contributed by atoms with Gasteiger partial charge in [-0.3, -0.25) is 9.78 Å². The first-order valence-corrected chi connectivity index (χ1v) is 9.16. The molecule has 7 heteroatoms. The molecule has 0 atom stereocenters. The minimum atomic E-state index is -2.56. The lowest BCUT2D eigenvalue weighted by Gasteiger charge is -2.16. The van der Waals surface area contributed by atoms with E-state index in [2.05, 4.69) is 15.0 Å². The summed E-state index contributed by atoms with van der Waals surface area (Å²) in [6.07, 6.45) is 1.06. The van der Waals surface area contributed by atoms with E-state index in [-0.39, 0.29) is 29.9 Å². The maximum Gasteiger partial charge on any atom is 0.263 e. The number of hydrogen-bond acceptors (Lipinski definition) is 5. The predicted octanol–water partition coefficient (Wildman–Crippen LogP) is 4.88. The van der Waals surface area contributed by atoms with E-state index < -0.39 is 12.0 Å². The molecule has 0 saturated carbocycles. The topological polar surface area (TPSA) is 76.0 Å². The molecule has 0 bridgehead atoms. The van der Waals surface area contributed by atoms with Crippen LogP contribution in [0.4, 0.5) is 8.78 Å². The van der Waals surface area contributed by atoms with E-state index >= 15 is 0 Å². The van der Waals surface area contributed by atoms with Crippen LogP contribution in [-0.2, 0) is 0 Å². The first-order valence-electron chi connectivity index (χ1n) is 9.16. The maximum absolute atomic E-state index is 12.8. The van der Waals surface area contributed by atoms with Crippen molar-refractivity contribution >= 4 is 5.78 Å². The summed E-state index contributed by atoms with van der Waals surface area (Å²) in [7, 11) is 0. The molecule has 5 nitrogen and oxygen atoms in total. The monoisotopic (exact) mass is 397 g/mol. The van der Waals surface area contributed by atoms with Crippen molar-refractivity contribution in [2.45, 2.75) is 38.7 Å². The Morgan fingerprint density at radius 2 is 1.83 bits per heavy atom.